The SMILES string of the molecule is c1ccc(N(c2ccccc2)c2ccc(CCOCCc3ccc(N(c4ccccc4)c4ccccc4)cc3)cc2)cc1. The Morgan fingerprint density at radius 3 is 0.837 bits per heavy atom. The average Bonchev–Trinajstić information content (AvgIpc) is 3.08. The molecule has 0 bridgehead atoms. The maximum Gasteiger partial charge on any atom is 0.0506 e. The molecule has 0 aliphatic heterocycles. The lowest BCUT2D eigenvalue weighted by atomic mass is 10.1. The first-order chi connectivity index (χ1) is 21.3. The zero-order valence-corrected chi connectivity index (χ0v) is 24.3. The van der Waals surface area contributed by atoms with E-state index in [4.69, 9.17) is 4.74 Å². The van der Waals surface area contributed by atoms with Crippen LogP contribution in [0.2, 0.25) is 0 Å². The number of nitrogens with zero attached hydrogens (tertiary/aromatic N) is 2. The maximum absolute atomic E-state index is 6.05. The van der Waals surface area contributed by atoms with Crippen LogP contribution < -0.4 is 9.80 Å². The Kier molecular flexibility index (Phi) is 9.24. The molecule has 3 heteroatoms. The first-order valence-electron chi connectivity index (χ1n) is 14.9. The van der Waals surface area contributed by atoms with Crippen molar-refractivity contribution < 1.29 is 4.74 Å². The molecular weight excluding hydrogens is 524 g/mol. The standard InChI is InChI=1S/C40H36N2O/c1-5-13-35(14-6-1)41(36-15-7-2-8-16-36)39-25-21-33(22-26-39)29-31-43-32-30-34-23-27-40(28-24-34)42(37-17-9-3-10-18-37)38-19-11-4-12-20-38/h1-28H,29-32H2. The van der Waals surface area contributed by atoms with Crippen molar-refractivity contribution in [3.05, 3.63) is 181 Å². The molecule has 0 atom stereocenters. The van der Waals surface area contributed by atoms with Gasteiger partial charge in [0.15, 0.2) is 0 Å². The zero-order chi connectivity index (χ0) is 29.1. The zero-order valence-electron chi connectivity index (χ0n) is 24.3. The highest BCUT2D eigenvalue weighted by Crippen LogP contribution is 2.35. The predicted molar refractivity (Wildman–Crippen MR) is 180 cm³/mol. The van der Waals surface area contributed by atoms with Gasteiger partial charge in [-0.1, -0.05) is 97.1 Å². The van der Waals surface area contributed by atoms with Gasteiger partial charge in [-0.15, -0.1) is 0 Å². The fraction of sp³-hybridized carbons (Fsp3) is 0.100. The molecule has 0 aliphatic rings. The van der Waals surface area contributed by atoms with Gasteiger partial charge in [-0.2, -0.15) is 0 Å². The molecule has 6 rings (SSSR count). The van der Waals surface area contributed by atoms with Crippen molar-refractivity contribution in [2.75, 3.05) is 23.0 Å². The van der Waals surface area contributed by atoms with E-state index in [1.54, 1.807) is 0 Å². The van der Waals surface area contributed by atoms with E-state index < -0.39 is 0 Å². The molecule has 6 aromatic rings. The summed E-state index contributed by atoms with van der Waals surface area (Å²) in [7, 11) is 0. The molecule has 0 N–H and O–H groups in total. The van der Waals surface area contributed by atoms with Gasteiger partial charge in [0, 0.05) is 34.1 Å². The topological polar surface area (TPSA) is 15.7 Å². The van der Waals surface area contributed by atoms with Crippen molar-refractivity contribution in [3.8, 4) is 0 Å². The van der Waals surface area contributed by atoms with Gasteiger partial charge in [-0.25, -0.2) is 0 Å². The molecule has 43 heavy (non-hydrogen) atoms. The lowest BCUT2D eigenvalue weighted by molar-refractivity contribution is 0.140. The molecule has 212 valence electrons. The van der Waals surface area contributed by atoms with Crippen LogP contribution in [0.3, 0.4) is 0 Å². The minimum Gasteiger partial charge on any atom is -0.381 e. The third kappa shape index (κ3) is 7.21. The highest BCUT2D eigenvalue weighted by molar-refractivity contribution is 5.77. The quantitative estimate of drug-likeness (QED) is 0.138. The second kappa shape index (κ2) is 14.2. The van der Waals surface area contributed by atoms with Gasteiger partial charge in [0.1, 0.15) is 0 Å². The number of hydrogen-bond acceptors (Lipinski definition) is 3. The number of hydrogen-bond donors (Lipinski definition) is 0. The Hall–Kier alpha value is -5.12. The average molecular weight is 561 g/mol. The van der Waals surface area contributed by atoms with E-state index in [1.165, 1.54) is 11.1 Å². The van der Waals surface area contributed by atoms with Gasteiger partial charge in [0.25, 0.3) is 0 Å². The summed E-state index contributed by atoms with van der Waals surface area (Å²) < 4.78 is 6.05. The molecule has 0 radical (unpaired) electrons. The van der Waals surface area contributed by atoms with Gasteiger partial charge >= 0.3 is 0 Å². The molecule has 0 spiro atoms. The minimum absolute atomic E-state index is 0.703. The van der Waals surface area contributed by atoms with E-state index in [1.807, 2.05) is 0 Å². The molecule has 0 heterocycles. The predicted octanol–water partition coefficient (Wildman–Crippen LogP) is 10.4. The molecule has 0 saturated heterocycles. The van der Waals surface area contributed by atoms with Crippen molar-refractivity contribution in [1.29, 1.82) is 0 Å². The van der Waals surface area contributed by atoms with Crippen LogP contribution in [0.15, 0.2) is 170 Å². The monoisotopic (exact) mass is 560 g/mol. The number of benzene rings is 6. The van der Waals surface area contributed by atoms with E-state index in [-0.39, 0.29) is 0 Å². The second-order valence-corrected chi connectivity index (χ2v) is 10.5. The number of rotatable bonds is 12. The molecule has 0 saturated carbocycles. The Labute approximate surface area is 255 Å². The maximum atomic E-state index is 6.05. The largest absolute Gasteiger partial charge is 0.381 e. The van der Waals surface area contributed by atoms with Gasteiger partial charge in [0.2, 0.25) is 0 Å². The normalized spacial score (nSPS) is 10.8. The number of ether oxygens (including phenoxy) is 1. The number of anilines is 6. The molecule has 6 aromatic carbocycles. The van der Waals surface area contributed by atoms with Crippen LogP contribution in [-0.2, 0) is 17.6 Å². The molecule has 3 nitrogen and oxygen atoms in total. The van der Waals surface area contributed by atoms with Gasteiger partial charge in [0.05, 0.1) is 13.2 Å². The first-order valence-corrected chi connectivity index (χ1v) is 14.9. The molecule has 0 fully saturated rings. The van der Waals surface area contributed by atoms with Crippen molar-refractivity contribution in [3.63, 3.8) is 0 Å². The summed E-state index contributed by atoms with van der Waals surface area (Å²) in [5.74, 6) is 0. The Bertz CT molecular complexity index is 1450. The summed E-state index contributed by atoms with van der Waals surface area (Å²) in [6.07, 6.45) is 1.78. The summed E-state index contributed by atoms with van der Waals surface area (Å²) in [4.78, 5) is 4.56. The fourth-order valence-electron chi connectivity index (χ4n) is 5.31. The third-order valence-corrected chi connectivity index (χ3v) is 7.52. The van der Waals surface area contributed by atoms with Crippen LogP contribution in [-0.4, -0.2) is 13.2 Å². The molecular formula is C40H36N2O. The van der Waals surface area contributed by atoms with Crippen LogP contribution in [0.1, 0.15) is 11.1 Å². The lowest BCUT2D eigenvalue weighted by Crippen LogP contribution is -2.10. The minimum atomic E-state index is 0.703. The lowest BCUT2D eigenvalue weighted by Gasteiger charge is -2.25. The van der Waals surface area contributed by atoms with E-state index >= 15 is 0 Å². The fourth-order valence-corrected chi connectivity index (χ4v) is 5.31. The summed E-state index contributed by atoms with van der Waals surface area (Å²) in [5, 5.41) is 0. The van der Waals surface area contributed by atoms with Gasteiger partial charge in [-0.3, -0.25) is 0 Å². The van der Waals surface area contributed by atoms with Crippen LogP contribution in [0, 0.1) is 0 Å². The molecule has 0 amide bonds. The van der Waals surface area contributed by atoms with Crippen molar-refractivity contribution >= 4 is 34.1 Å². The highest BCUT2D eigenvalue weighted by Gasteiger charge is 2.13. The van der Waals surface area contributed by atoms with Crippen molar-refractivity contribution in [2.45, 2.75) is 12.8 Å². The van der Waals surface area contributed by atoms with Crippen molar-refractivity contribution in [1.82, 2.24) is 0 Å². The van der Waals surface area contributed by atoms with E-state index in [0.29, 0.717) is 13.2 Å². The summed E-state index contributed by atoms with van der Waals surface area (Å²) >= 11 is 0. The Morgan fingerprint density at radius 1 is 0.302 bits per heavy atom. The van der Waals surface area contributed by atoms with Gasteiger partial charge in [-0.05, 0) is 96.8 Å². The van der Waals surface area contributed by atoms with Crippen LogP contribution in [0.25, 0.3) is 0 Å². The van der Waals surface area contributed by atoms with Crippen LogP contribution in [0.4, 0.5) is 34.1 Å². The van der Waals surface area contributed by atoms with E-state index in [9.17, 15) is 0 Å². The van der Waals surface area contributed by atoms with Crippen LogP contribution >= 0.6 is 0 Å². The van der Waals surface area contributed by atoms with Gasteiger partial charge < -0.3 is 14.5 Å². The first kappa shape index (κ1) is 28.0. The summed E-state index contributed by atoms with van der Waals surface area (Å²) in [6, 6.07) is 59.6. The third-order valence-electron chi connectivity index (χ3n) is 7.52. The number of para-hydroxylation sites is 4. The smallest absolute Gasteiger partial charge is 0.0506 e. The Balaban J connectivity index is 1.03. The van der Waals surface area contributed by atoms with E-state index in [0.717, 1.165) is 47.0 Å². The molecule has 0 unspecified atom stereocenters. The highest BCUT2D eigenvalue weighted by atomic mass is 16.5. The molecule has 0 aromatic heterocycles. The second-order valence-electron chi connectivity index (χ2n) is 10.5. The summed E-state index contributed by atoms with van der Waals surface area (Å²) in [6.45, 7) is 1.41. The summed E-state index contributed by atoms with van der Waals surface area (Å²) in [5.41, 5.74) is 9.41. The van der Waals surface area contributed by atoms with E-state index in [2.05, 4.69) is 180 Å². The van der Waals surface area contributed by atoms with Crippen molar-refractivity contribution in [2.24, 2.45) is 0 Å². The molecule has 0 aliphatic carbocycles. The Morgan fingerprint density at radius 2 is 0.558 bits per heavy atom. The van der Waals surface area contributed by atoms with Crippen LogP contribution in [0.5, 0.6) is 0 Å².